The van der Waals surface area contributed by atoms with Crippen LogP contribution in [0, 0.1) is 0 Å². The first kappa shape index (κ1) is 19.3. The molecule has 2 aromatic carbocycles. The Kier molecular flexibility index (Phi) is 6.07. The molecule has 0 spiro atoms. The van der Waals surface area contributed by atoms with E-state index in [9.17, 15) is 9.59 Å². The van der Waals surface area contributed by atoms with Crippen molar-refractivity contribution in [2.75, 3.05) is 6.26 Å². The van der Waals surface area contributed by atoms with Crippen molar-refractivity contribution >= 4 is 23.5 Å². The van der Waals surface area contributed by atoms with Crippen molar-refractivity contribution in [2.45, 2.75) is 44.1 Å². The van der Waals surface area contributed by atoms with Crippen LogP contribution in [0.1, 0.15) is 54.0 Å². The lowest BCUT2D eigenvalue weighted by molar-refractivity contribution is 0.0315. The Labute approximate surface area is 153 Å². The first-order valence-corrected chi connectivity index (χ1v) is 9.45. The van der Waals surface area contributed by atoms with Crippen molar-refractivity contribution in [3.8, 4) is 0 Å². The van der Waals surface area contributed by atoms with Crippen LogP contribution >= 0.6 is 11.8 Å². The van der Waals surface area contributed by atoms with E-state index in [0.717, 1.165) is 10.5 Å². The minimum absolute atomic E-state index is 0.0290. The van der Waals surface area contributed by atoms with Crippen LogP contribution in [-0.2, 0) is 10.2 Å². The van der Waals surface area contributed by atoms with Gasteiger partial charge in [-0.2, -0.15) is 0 Å². The smallest absolute Gasteiger partial charge is 0.339 e. The number of hydrogen-bond donors (Lipinski definition) is 0. The van der Waals surface area contributed by atoms with E-state index in [-0.39, 0.29) is 11.2 Å². The van der Waals surface area contributed by atoms with Crippen LogP contribution in [0.4, 0.5) is 0 Å². The molecule has 0 amide bonds. The monoisotopic (exact) mass is 356 g/mol. The number of esters is 1. The number of hydrogen-bond acceptors (Lipinski definition) is 4. The van der Waals surface area contributed by atoms with Gasteiger partial charge in [-0.05, 0) is 36.3 Å². The number of thioether (sulfide) groups is 1. The van der Waals surface area contributed by atoms with E-state index in [1.165, 1.54) is 11.8 Å². The summed E-state index contributed by atoms with van der Waals surface area (Å²) in [5.74, 6) is -0.674. The van der Waals surface area contributed by atoms with Gasteiger partial charge in [-0.1, -0.05) is 57.2 Å². The maximum atomic E-state index is 12.5. The van der Waals surface area contributed by atoms with Crippen LogP contribution in [0.3, 0.4) is 0 Å². The number of carbonyl (C=O) groups excluding carboxylic acids is 2. The molecule has 0 aliphatic heterocycles. The predicted octanol–water partition coefficient (Wildman–Crippen LogP) is 5.13. The van der Waals surface area contributed by atoms with Gasteiger partial charge in [-0.25, -0.2) is 4.79 Å². The summed E-state index contributed by atoms with van der Waals surface area (Å²) in [5.41, 5.74) is 2.22. The van der Waals surface area contributed by atoms with E-state index in [1.807, 2.05) is 30.5 Å². The van der Waals surface area contributed by atoms with E-state index >= 15 is 0 Å². The van der Waals surface area contributed by atoms with Crippen LogP contribution < -0.4 is 0 Å². The summed E-state index contributed by atoms with van der Waals surface area (Å²) < 4.78 is 5.39. The standard InChI is InChI=1S/C21H24O3S/c1-14(24-20(23)17-8-6-7-9-18(17)25-5)19(22)15-10-12-16(13-11-15)21(2,3)4/h6-14H,1-5H3/t14-/m0/s1. The number of carbonyl (C=O) groups is 2. The molecule has 132 valence electrons. The topological polar surface area (TPSA) is 43.4 Å². The van der Waals surface area contributed by atoms with E-state index in [4.69, 9.17) is 4.74 Å². The van der Waals surface area contributed by atoms with Crippen molar-refractivity contribution < 1.29 is 14.3 Å². The van der Waals surface area contributed by atoms with Crippen molar-refractivity contribution in [1.29, 1.82) is 0 Å². The van der Waals surface area contributed by atoms with Gasteiger partial charge in [0.05, 0.1) is 5.56 Å². The summed E-state index contributed by atoms with van der Waals surface area (Å²) in [6.07, 6.45) is 1.07. The molecule has 2 aromatic rings. The van der Waals surface area contributed by atoms with Crippen molar-refractivity contribution in [1.82, 2.24) is 0 Å². The number of ketones is 1. The molecule has 2 rings (SSSR count). The number of ether oxygens (including phenoxy) is 1. The Morgan fingerprint density at radius 3 is 2.16 bits per heavy atom. The van der Waals surface area contributed by atoms with Gasteiger partial charge in [0.15, 0.2) is 6.10 Å². The van der Waals surface area contributed by atoms with Crippen LogP contribution in [0.5, 0.6) is 0 Å². The molecule has 1 atom stereocenters. The van der Waals surface area contributed by atoms with Crippen molar-refractivity contribution in [2.24, 2.45) is 0 Å². The lowest BCUT2D eigenvalue weighted by Gasteiger charge is -2.19. The Morgan fingerprint density at radius 1 is 1.00 bits per heavy atom. The number of Topliss-reactive ketones (excluding diaryl/α,β-unsaturated/α-hetero) is 1. The summed E-state index contributed by atoms with van der Waals surface area (Å²) in [5, 5.41) is 0. The highest BCUT2D eigenvalue weighted by atomic mass is 32.2. The molecule has 25 heavy (non-hydrogen) atoms. The molecule has 0 aliphatic carbocycles. The second kappa shape index (κ2) is 7.87. The Hall–Kier alpha value is -2.07. The lowest BCUT2D eigenvalue weighted by atomic mass is 9.86. The number of rotatable bonds is 5. The highest BCUT2D eigenvalue weighted by Gasteiger charge is 2.22. The molecule has 0 aliphatic rings. The second-order valence-electron chi connectivity index (χ2n) is 6.94. The van der Waals surface area contributed by atoms with Crippen molar-refractivity contribution in [3.63, 3.8) is 0 Å². The average Bonchev–Trinajstić information content (AvgIpc) is 2.60. The third kappa shape index (κ3) is 4.73. The van der Waals surface area contributed by atoms with E-state index in [2.05, 4.69) is 20.8 Å². The van der Waals surface area contributed by atoms with Crippen LogP contribution in [0.25, 0.3) is 0 Å². The highest BCUT2D eigenvalue weighted by molar-refractivity contribution is 7.98. The van der Waals surface area contributed by atoms with Gasteiger partial charge in [0.1, 0.15) is 0 Å². The van der Waals surface area contributed by atoms with E-state index in [1.54, 1.807) is 31.2 Å². The fourth-order valence-electron chi connectivity index (χ4n) is 2.46. The first-order chi connectivity index (χ1) is 11.7. The zero-order valence-corrected chi connectivity index (χ0v) is 16.1. The highest BCUT2D eigenvalue weighted by Crippen LogP contribution is 2.24. The Bertz CT molecular complexity index is 757. The van der Waals surface area contributed by atoms with Crippen LogP contribution in [0.2, 0.25) is 0 Å². The van der Waals surface area contributed by atoms with Crippen molar-refractivity contribution in [3.05, 3.63) is 65.2 Å². The molecule has 0 fully saturated rings. The molecule has 0 unspecified atom stereocenters. The van der Waals surface area contributed by atoms with Crippen LogP contribution in [0.15, 0.2) is 53.4 Å². The molecule has 0 saturated carbocycles. The molecule has 0 aromatic heterocycles. The second-order valence-corrected chi connectivity index (χ2v) is 7.79. The number of benzene rings is 2. The summed E-state index contributed by atoms with van der Waals surface area (Å²) in [4.78, 5) is 25.7. The van der Waals surface area contributed by atoms with Gasteiger partial charge in [0, 0.05) is 10.5 Å². The molecular weight excluding hydrogens is 332 g/mol. The van der Waals surface area contributed by atoms with E-state index in [0.29, 0.717) is 11.1 Å². The third-order valence-corrected chi connectivity index (χ3v) is 4.81. The summed E-state index contributed by atoms with van der Waals surface area (Å²) in [6.45, 7) is 7.98. The summed E-state index contributed by atoms with van der Waals surface area (Å²) in [7, 11) is 0. The lowest BCUT2D eigenvalue weighted by Crippen LogP contribution is -2.25. The van der Waals surface area contributed by atoms with Gasteiger partial charge in [-0.3, -0.25) is 4.79 Å². The summed E-state index contributed by atoms with van der Waals surface area (Å²) in [6, 6.07) is 14.7. The minimum Gasteiger partial charge on any atom is -0.451 e. The SMILES string of the molecule is CSc1ccccc1C(=O)O[C@@H](C)C(=O)c1ccc(C(C)(C)C)cc1. The van der Waals surface area contributed by atoms with Gasteiger partial charge in [-0.15, -0.1) is 11.8 Å². The maximum absolute atomic E-state index is 12.5. The molecule has 4 heteroatoms. The van der Waals surface area contributed by atoms with Gasteiger partial charge in [0.25, 0.3) is 0 Å². The molecule has 0 radical (unpaired) electrons. The Balaban J connectivity index is 2.11. The van der Waals surface area contributed by atoms with Crippen LogP contribution in [-0.4, -0.2) is 24.1 Å². The normalized spacial score (nSPS) is 12.5. The molecule has 0 bridgehead atoms. The zero-order valence-electron chi connectivity index (χ0n) is 15.3. The largest absolute Gasteiger partial charge is 0.451 e. The fraction of sp³-hybridized carbons (Fsp3) is 0.333. The molecule has 0 saturated heterocycles. The third-order valence-electron chi connectivity index (χ3n) is 4.02. The average molecular weight is 356 g/mol. The predicted molar refractivity (Wildman–Crippen MR) is 103 cm³/mol. The summed E-state index contributed by atoms with van der Waals surface area (Å²) >= 11 is 1.47. The minimum atomic E-state index is -0.831. The van der Waals surface area contributed by atoms with Gasteiger partial charge >= 0.3 is 5.97 Å². The molecule has 3 nitrogen and oxygen atoms in total. The molecule has 0 heterocycles. The maximum Gasteiger partial charge on any atom is 0.339 e. The zero-order chi connectivity index (χ0) is 18.6. The molecular formula is C21H24O3S. The van der Waals surface area contributed by atoms with Gasteiger partial charge in [0.2, 0.25) is 5.78 Å². The Morgan fingerprint density at radius 2 is 1.60 bits per heavy atom. The van der Waals surface area contributed by atoms with Gasteiger partial charge < -0.3 is 4.74 Å². The first-order valence-electron chi connectivity index (χ1n) is 8.23. The fourth-order valence-corrected chi connectivity index (χ4v) is 3.05. The quantitative estimate of drug-likeness (QED) is 0.423. The van der Waals surface area contributed by atoms with E-state index < -0.39 is 12.1 Å². The molecule has 0 N–H and O–H groups in total.